The standard InChI is InChI=1S/C8H17N3O2/c1-3-6(9)8(13)11-5(2)4-7(10)12/h5-6H,3-4,9H2,1-2H3,(H2,10,12)(H,11,13)/t5?,6-/m0/s1. The van der Waals surface area contributed by atoms with Crippen LogP contribution in [-0.2, 0) is 9.59 Å². The van der Waals surface area contributed by atoms with E-state index in [0.29, 0.717) is 6.42 Å². The average Bonchev–Trinajstić information content (AvgIpc) is 2.01. The minimum atomic E-state index is -0.504. The summed E-state index contributed by atoms with van der Waals surface area (Å²) < 4.78 is 0. The molecule has 0 aromatic rings. The molecule has 0 aliphatic heterocycles. The number of nitrogens with two attached hydrogens (primary N) is 2. The number of hydrogen-bond acceptors (Lipinski definition) is 3. The van der Waals surface area contributed by atoms with E-state index in [4.69, 9.17) is 11.5 Å². The second-order valence-corrected chi connectivity index (χ2v) is 3.09. The highest BCUT2D eigenvalue weighted by Crippen LogP contribution is 1.92. The number of primary amides is 1. The van der Waals surface area contributed by atoms with E-state index >= 15 is 0 Å². The Bertz CT molecular complexity index is 194. The van der Waals surface area contributed by atoms with Crippen LogP contribution in [0.3, 0.4) is 0 Å². The predicted octanol–water partition coefficient (Wildman–Crippen LogP) is -0.896. The second kappa shape index (κ2) is 5.53. The molecule has 0 radical (unpaired) electrons. The van der Waals surface area contributed by atoms with Crippen molar-refractivity contribution in [1.29, 1.82) is 0 Å². The lowest BCUT2D eigenvalue weighted by molar-refractivity contribution is -0.123. The highest BCUT2D eigenvalue weighted by Gasteiger charge is 2.14. The number of carbonyl (C=O) groups excluding carboxylic acids is 2. The van der Waals surface area contributed by atoms with Crippen molar-refractivity contribution >= 4 is 11.8 Å². The lowest BCUT2D eigenvalue weighted by Gasteiger charge is -2.14. The zero-order valence-electron chi connectivity index (χ0n) is 8.04. The van der Waals surface area contributed by atoms with Crippen molar-refractivity contribution in [3.05, 3.63) is 0 Å². The zero-order chi connectivity index (χ0) is 10.4. The fourth-order valence-corrected chi connectivity index (χ4v) is 0.888. The van der Waals surface area contributed by atoms with Gasteiger partial charge in [-0.3, -0.25) is 9.59 Å². The van der Waals surface area contributed by atoms with Gasteiger partial charge < -0.3 is 16.8 Å². The summed E-state index contributed by atoms with van der Waals surface area (Å²) in [5.41, 5.74) is 10.4. The van der Waals surface area contributed by atoms with Crippen LogP contribution in [-0.4, -0.2) is 23.9 Å². The molecule has 0 saturated carbocycles. The van der Waals surface area contributed by atoms with Crippen molar-refractivity contribution in [2.75, 3.05) is 0 Å². The summed E-state index contributed by atoms with van der Waals surface area (Å²) in [5, 5.41) is 2.60. The van der Waals surface area contributed by atoms with Crippen LogP contribution >= 0.6 is 0 Å². The Morgan fingerprint density at radius 2 is 2.00 bits per heavy atom. The van der Waals surface area contributed by atoms with Gasteiger partial charge in [-0.25, -0.2) is 0 Å². The van der Waals surface area contributed by atoms with Crippen LogP contribution in [0.1, 0.15) is 26.7 Å². The topological polar surface area (TPSA) is 98.2 Å². The molecule has 0 fully saturated rings. The van der Waals surface area contributed by atoms with Crippen molar-refractivity contribution in [3.8, 4) is 0 Å². The maximum absolute atomic E-state index is 11.2. The molecule has 0 bridgehead atoms. The zero-order valence-corrected chi connectivity index (χ0v) is 8.04. The molecule has 0 aromatic carbocycles. The first kappa shape index (κ1) is 11.9. The summed E-state index contributed by atoms with van der Waals surface area (Å²) in [6.45, 7) is 3.54. The van der Waals surface area contributed by atoms with Crippen molar-refractivity contribution < 1.29 is 9.59 Å². The summed E-state index contributed by atoms with van der Waals surface area (Å²) in [6, 6.07) is -0.752. The second-order valence-electron chi connectivity index (χ2n) is 3.09. The van der Waals surface area contributed by atoms with Gasteiger partial charge in [0.15, 0.2) is 0 Å². The monoisotopic (exact) mass is 187 g/mol. The predicted molar refractivity (Wildman–Crippen MR) is 49.7 cm³/mol. The van der Waals surface area contributed by atoms with E-state index in [1.54, 1.807) is 6.92 Å². The van der Waals surface area contributed by atoms with E-state index in [1.165, 1.54) is 0 Å². The Morgan fingerprint density at radius 1 is 1.46 bits per heavy atom. The maximum Gasteiger partial charge on any atom is 0.237 e. The van der Waals surface area contributed by atoms with Crippen LogP contribution in [0.15, 0.2) is 0 Å². The smallest absolute Gasteiger partial charge is 0.237 e. The summed E-state index contributed by atoms with van der Waals surface area (Å²) in [4.78, 5) is 21.6. The van der Waals surface area contributed by atoms with Crippen molar-refractivity contribution in [3.63, 3.8) is 0 Å². The van der Waals surface area contributed by atoms with E-state index in [2.05, 4.69) is 5.32 Å². The van der Waals surface area contributed by atoms with Gasteiger partial charge in [0.25, 0.3) is 0 Å². The quantitative estimate of drug-likeness (QED) is 0.520. The van der Waals surface area contributed by atoms with Crippen LogP contribution in [0.5, 0.6) is 0 Å². The number of carbonyl (C=O) groups is 2. The van der Waals surface area contributed by atoms with E-state index in [9.17, 15) is 9.59 Å². The van der Waals surface area contributed by atoms with E-state index in [-0.39, 0.29) is 18.4 Å². The van der Waals surface area contributed by atoms with Gasteiger partial charge in [0, 0.05) is 12.5 Å². The molecule has 5 nitrogen and oxygen atoms in total. The first-order valence-corrected chi connectivity index (χ1v) is 4.31. The van der Waals surface area contributed by atoms with Crippen LogP contribution in [0.4, 0.5) is 0 Å². The average molecular weight is 187 g/mol. The Morgan fingerprint density at radius 3 is 2.38 bits per heavy atom. The summed E-state index contributed by atoms with van der Waals surface area (Å²) in [6.07, 6.45) is 0.720. The Hall–Kier alpha value is -1.10. The van der Waals surface area contributed by atoms with Crippen molar-refractivity contribution in [1.82, 2.24) is 5.32 Å². The van der Waals surface area contributed by atoms with Gasteiger partial charge in [0.05, 0.1) is 6.04 Å². The van der Waals surface area contributed by atoms with E-state index < -0.39 is 11.9 Å². The molecule has 0 heterocycles. The van der Waals surface area contributed by atoms with Gasteiger partial charge >= 0.3 is 0 Å². The van der Waals surface area contributed by atoms with Gasteiger partial charge in [0.1, 0.15) is 0 Å². The summed E-state index contributed by atoms with van der Waals surface area (Å²) in [7, 11) is 0. The molecule has 76 valence electrons. The largest absolute Gasteiger partial charge is 0.370 e. The molecule has 0 spiro atoms. The fourth-order valence-electron chi connectivity index (χ4n) is 0.888. The Labute approximate surface area is 77.8 Å². The fraction of sp³-hybridized carbons (Fsp3) is 0.750. The number of rotatable bonds is 5. The normalized spacial score (nSPS) is 14.7. The highest BCUT2D eigenvalue weighted by atomic mass is 16.2. The molecule has 5 heteroatoms. The van der Waals surface area contributed by atoms with E-state index in [0.717, 1.165) is 0 Å². The molecule has 13 heavy (non-hydrogen) atoms. The number of nitrogens with one attached hydrogen (secondary N) is 1. The third-order valence-corrected chi connectivity index (χ3v) is 1.67. The van der Waals surface area contributed by atoms with Crippen molar-refractivity contribution in [2.45, 2.75) is 38.8 Å². The minimum absolute atomic E-state index is 0.141. The van der Waals surface area contributed by atoms with Crippen LogP contribution < -0.4 is 16.8 Å². The lowest BCUT2D eigenvalue weighted by atomic mass is 10.2. The molecule has 5 N–H and O–H groups in total. The third-order valence-electron chi connectivity index (χ3n) is 1.67. The molecule has 2 amide bonds. The molecule has 0 aliphatic carbocycles. The van der Waals surface area contributed by atoms with Crippen LogP contribution in [0, 0.1) is 0 Å². The summed E-state index contributed by atoms with van der Waals surface area (Å²) in [5.74, 6) is -0.672. The van der Waals surface area contributed by atoms with Crippen LogP contribution in [0.2, 0.25) is 0 Å². The van der Waals surface area contributed by atoms with Crippen LogP contribution in [0.25, 0.3) is 0 Å². The Balaban J connectivity index is 3.84. The minimum Gasteiger partial charge on any atom is -0.370 e. The first-order valence-electron chi connectivity index (χ1n) is 4.31. The highest BCUT2D eigenvalue weighted by molar-refractivity contribution is 5.82. The van der Waals surface area contributed by atoms with E-state index in [1.807, 2.05) is 6.92 Å². The molecular formula is C8H17N3O2. The first-order chi connectivity index (χ1) is 5.97. The van der Waals surface area contributed by atoms with Gasteiger partial charge in [0.2, 0.25) is 11.8 Å². The third kappa shape index (κ3) is 5.19. The number of amides is 2. The molecule has 0 saturated heterocycles. The molecular weight excluding hydrogens is 170 g/mol. The van der Waals surface area contributed by atoms with Gasteiger partial charge in [-0.1, -0.05) is 6.92 Å². The SMILES string of the molecule is CC[C@H](N)C(=O)NC(C)CC(N)=O. The Kier molecular flexibility index (Phi) is 5.06. The van der Waals surface area contributed by atoms with Crippen molar-refractivity contribution in [2.24, 2.45) is 11.5 Å². The summed E-state index contributed by atoms with van der Waals surface area (Å²) >= 11 is 0. The lowest BCUT2D eigenvalue weighted by Crippen LogP contribution is -2.45. The molecule has 0 rings (SSSR count). The molecule has 2 atom stereocenters. The molecule has 1 unspecified atom stereocenters. The number of hydrogen-bond donors (Lipinski definition) is 3. The van der Waals surface area contributed by atoms with Gasteiger partial charge in [-0.15, -0.1) is 0 Å². The molecule has 0 aromatic heterocycles. The van der Waals surface area contributed by atoms with Gasteiger partial charge in [-0.05, 0) is 13.3 Å². The molecule has 0 aliphatic rings. The maximum atomic E-state index is 11.2. The van der Waals surface area contributed by atoms with Gasteiger partial charge in [-0.2, -0.15) is 0 Å².